The molecule has 0 aliphatic heterocycles. The lowest BCUT2D eigenvalue weighted by atomic mass is 9.97. The number of amides is 3. The zero-order valence-corrected chi connectivity index (χ0v) is 17.1. The highest BCUT2D eigenvalue weighted by Gasteiger charge is 2.27. The maximum Gasteiger partial charge on any atom is 0.407 e. The smallest absolute Gasteiger partial charge is 0.407 e. The summed E-state index contributed by atoms with van der Waals surface area (Å²) >= 11 is 0. The van der Waals surface area contributed by atoms with Crippen LogP contribution in [-0.2, 0) is 30.5 Å². The predicted octanol–water partition coefficient (Wildman–Crippen LogP) is 0.223. The Morgan fingerprint density at radius 3 is 2.37 bits per heavy atom. The lowest BCUT2D eigenvalue weighted by Crippen LogP contribution is -2.50. The number of aliphatic hydroxyl groups excluding tert-OH is 1. The first kappa shape index (κ1) is 24.9. The van der Waals surface area contributed by atoms with E-state index in [1.54, 1.807) is 26.0 Å². The SMILES string of the molecule is CCOC(=O)C[C@@H](C)[C@H](NC(=O)C[C@H](O)CNC(=O)OCc1ccccc1)C(N)=O. The Labute approximate surface area is 175 Å². The van der Waals surface area contributed by atoms with Gasteiger partial charge in [-0.2, -0.15) is 0 Å². The molecular weight excluding hydrogens is 394 g/mol. The van der Waals surface area contributed by atoms with Crippen molar-refractivity contribution in [1.82, 2.24) is 10.6 Å². The number of esters is 1. The van der Waals surface area contributed by atoms with Crippen molar-refractivity contribution in [2.45, 2.75) is 45.4 Å². The van der Waals surface area contributed by atoms with Crippen molar-refractivity contribution in [1.29, 1.82) is 0 Å². The normalized spacial score (nSPS) is 13.4. The zero-order chi connectivity index (χ0) is 22.5. The molecule has 3 atom stereocenters. The highest BCUT2D eigenvalue weighted by molar-refractivity contribution is 5.87. The van der Waals surface area contributed by atoms with Crippen LogP contribution in [0.25, 0.3) is 0 Å². The molecule has 30 heavy (non-hydrogen) atoms. The third-order valence-corrected chi connectivity index (χ3v) is 4.10. The molecule has 0 saturated carbocycles. The number of hydrogen-bond donors (Lipinski definition) is 4. The van der Waals surface area contributed by atoms with Crippen LogP contribution in [0.15, 0.2) is 30.3 Å². The third-order valence-electron chi connectivity index (χ3n) is 4.10. The standard InChI is InChI=1S/C20H29N3O7/c1-3-29-17(26)9-13(2)18(19(21)27)23-16(25)10-15(24)11-22-20(28)30-12-14-7-5-4-6-8-14/h4-8,13,15,18,24H,3,9-12H2,1-2H3,(H2,21,27)(H,22,28)(H,23,25)/t13-,15+,18+/m1/s1. The number of ether oxygens (including phenoxy) is 2. The van der Waals surface area contributed by atoms with Gasteiger partial charge in [-0.3, -0.25) is 14.4 Å². The highest BCUT2D eigenvalue weighted by Crippen LogP contribution is 2.10. The molecule has 5 N–H and O–H groups in total. The number of alkyl carbamates (subject to hydrolysis) is 1. The molecule has 166 valence electrons. The number of nitrogens with two attached hydrogens (primary N) is 1. The van der Waals surface area contributed by atoms with E-state index in [2.05, 4.69) is 10.6 Å². The Morgan fingerprint density at radius 2 is 1.77 bits per heavy atom. The molecule has 0 spiro atoms. The van der Waals surface area contributed by atoms with E-state index in [0.29, 0.717) is 0 Å². The lowest BCUT2D eigenvalue weighted by Gasteiger charge is -2.22. The minimum absolute atomic E-state index is 0.0713. The van der Waals surface area contributed by atoms with Crippen LogP contribution in [0, 0.1) is 5.92 Å². The maximum absolute atomic E-state index is 12.1. The Kier molecular flexibility index (Phi) is 10.9. The minimum Gasteiger partial charge on any atom is -0.466 e. The van der Waals surface area contributed by atoms with Gasteiger partial charge < -0.3 is 30.9 Å². The van der Waals surface area contributed by atoms with E-state index in [0.717, 1.165) is 5.56 Å². The molecular formula is C20H29N3O7. The van der Waals surface area contributed by atoms with Crippen molar-refractivity contribution in [2.24, 2.45) is 11.7 Å². The molecule has 0 aromatic heterocycles. The molecule has 10 nitrogen and oxygen atoms in total. The van der Waals surface area contributed by atoms with Crippen molar-refractivity contribution < 1.29 is 33.8 Å². The van der Waals surface area contributed by atoms with Gasteiger partial charge in [0.05, 0.1) is 25.6 Å². The summed E-state index contributed by atoms with van der Waals surface area (Å²) in [5, 5.41) is 14.7. The number of benzene rings is 1. The van der Waals surface area contributed by atoms with Crippen LogP contribution in [0.4, 0.5) is 4.79 Å². The molecule has 0 bridgehead atoms. The molecule has 0 fully saturated rings. The fraction of sp³-hybridized carbons (Fsp3) is 0.500. The van der Waals surface area contributed by atoms with Crippen LogP contribution < -0.4 is 16.4 Å². The van der Waals surface area contributed by atoms with Gasteiger partial charge in [-0.05, 0) is 18.4 Å². The van der Waals surface area contributed by atoms with Crippen molar-refractivity contribution in [2.75, 3.05) is 13.2 Å². The fourth-order valence-electron chi connectivity index (χ4n) is 2.59. The first-order valence-corrected chi connectivity index (χ1v) is 9.59. The van der Waals surface area contributed by atoms with E-state index in [1.165, 1.54) is 0 Å². The van der Waals surface area contributed by atoms with Crippen molar-refractivity contribution >= 4 is 23.9 Å². The topological polar surface area (TPSA) is 157 Å². The second kappa shape index (κ2) is 13.2. The van der Waals surface area contributed by atoms with Gasteiger partial charge in [0.15, 0.2) is 0 Å². The average molecular weight is 423 g/mol. The first-order chi connectivity index (χ1) is 14.2. The highest BCUT2D eigenvalue weighted by atomic mass is 16.5. The van der Waals surface area contributed by atoms with Crippen LogP contribution >= 0.6 is 0 Å². The molecule has 0 aliphatic carbocycles. The average Bonchev–Trinajstić information content (AvgIpc) is 2.69. The Balaban J connectivity index is 2.39. The number of hydrogen-bond acceptors (Lipinski definition) is 7. The summed E-state index contributed by atoms with van der Waals surface area (Å²) in [7, 11) is 0. The summed E-state index contributed by atoms with van der Waals surface area (Å²) in [5.41, 5.74) is 6.11. The predicted molar refractivity (Wildman–Crippen MR) is 107 cm³/mol. The Hall–Kier alpha value is -3.14. The zero-order valence-electron chi connectivity index (χ0n) is 17.1. The van der Waals surface area contributed by atoms with Crippen LogP contribution in [0.3, 0.4) is 0 Å². The van der Waals surface area contributed by atoms with Crippen LogP contribution in [-0.4, -0.2) is 54.3 Å². The van der Waals surface area contributed by atoms with E-state index < -0.39 is 41.9 Å². The van der Waals surface area contributed by atoms with Crippen LogP contribution in [0.5, 0.6) is 0 Å². The summed E-state index contributed by atoms with van der Waals surface area (Å²) in [5.74, 6) is -2.56. The number of aliphatic hydroxyl groups is 1. The number of rotatable bonds is 12. The van der Waals surface area contributed by atoms with E-state index in [4.69, 9.17) is 15.2 Å². The number of carbonyl (C=O) groups excluding carboxylic acids is 4. The number of primary amides is 1. The van der Waals surface area contributed by atoms with Crippen LogP contribution in [0.2, 0.25) is 0 Å². The largest absolute Gasteiger partial charge is 0.466 e. The molecule has 1 rings (SSSR count). The van der Waals surface area contributed by atoms with E-state index in [-0.39, 0.29) is 32.6 Å². The summed E-state index contributed by atoms with van der Waals surface area (Å²) in [6, 6.07) is 7.95. The minimum atomic E-state index is -1.21. The third kappa shape index (κ3) is 9.87. The van der Waals surface area contributed by atoms with Gasteiger partial charge in [0.2, 0.25) is 11.8 Å². The van der Waals surface area contributed by atoms with Crippen molar-refractivity contribution in [3.63, 3.8) is 0 Å². The van der Waals surface area contributed by atoms with Gasteiger partial charge in [-0.15, -0.1) is 0 Å². The Bertz CT molecular complexity index is 712. The molecule has 3 amide bonds. The summed E-state index contributed by atoms with van der Waals surface area (Å²) < 4.78 is 9.82. The molecule has 1 aromatic carbocycles. The molecule has 0 heterocycles. The molecule has 0 radical (unpaired) electrons. The number of carbonyl (C=O) groups is 4. The van der Waals surface area contributed by atoms with E-state index >= 15 is 0 Å². The molecule has 0 aliphatic rings. The summed E-state index contributed by atoms with van der Waals surface area (Å²) in [4.78, 5) is 47.0. The fourth-order valence-corrected chi connectivity index (χ4v) is 2.59. The van der Waals surface area contributed by atoms with Gasteiger partial charge >= 0.3 is 12.1 Å². The van der Waals surface area contributed by atoms with Crippen LogP contribution in [0.1, 0.15) is 32.3 Å². The molecule has 0 saturated heterocycles. The molecule has 10 heteroatoms. The second-order valence-corrected chi connectivity index (χ2v) is 6.73. The first-order valence-electron chi connectivity index (χ1n) is 9.59. The van der Waals surface area contributed by atoms with Crippen molar-refractivity contribution in [3.8, 4) is 0 Å². The van der Waals surface area contributed by atoms with Crippen molar-refractivity contribution in [3.05, 3.63) is 35.9 Å². The van der Waals surface area contributed by atoms with Gasteiger partial charge in [-0.1, -0.05) is 37.3 Å². The van der Waals surface area contributed by atoms with Gasteiger partial charge in [0.1, 0.15) is 12.6 Å². The quantitative estimate of drug-likeness (QED) is 0.350. The Morgan fingerprint density at radius 1 is 1.10 bits per heavy atom. The molecule has 1 aromatic rings. The summed E-state index contributed by atoms with van der Waals surface area (Å²) in [6.07, 6.45) is -2.42. The second-order valence-electron chi connectivity index (χ2n) is 6.73. The van der Waals surface area contributed by atoms with Gasteiger partial charge in [-0.25, -0.2) is 4.79 Å². The summed E-state index contributed by atoms with van der Waals surface area (Å²) in [6.45, 7) is 3.28. The van der Waals surface area contributed by atoms with E-state index in [9.17, 15) is 24.3 Å². The van der Waals surface area contributed by atoms with Gasteiger partial charge in [0.25, 0.3) is 0 Å². The maximum atomic E-state index is 12.1. The number of nitrogens with one attached hydrogen (secondary N) is 2. The molecule has 0 unspecified atom stereocenters. The lowest BCUT2D eigenvalue weighted by molar-refractivity contribution is -0.145. The van der Waals surface area contributed by atoms with Gasteiger partial charge in [0, 0.05) is 6.54 Å². The monoisotopic (exact) mass is 423 g/mol. The van der Waals surface area contributed by atoms with E-state index in [1.807, 2.05) is 18.2 Å².